The number of aromatic nitrogens is 2. The van der Waals surface area contributed by atoms with Gasteiger partial charge in [0.1, 0.15) is 5.69 Å². The van der Waals surface area contributed by atoms with Crippen molar-refractivity contribution >= 4 is 11.5 Å². The first kappa shape index (κ1) is 11.3. The predicted molar refractivity (Wildman–Crippen MR) is 44.9 cm³/mol. The van der Waals surface area contributed by atoms with Crippen LogP contribution < -0.4 is 0 Å². The smallest absolute Gasteiger partial charge is 0.433 e. The van der Waals surface area contributed by atoms with Crippen molar-refractivity contribution in [3.8, 4) is 0 Å². The molecular formula is C8H7F3N2O2. The van der Waals surface area contributed by atoms with Crippen LogP contribution in [0, 0.1) is 0 Å². The molecule has 1 aromatic heterocycles. The predicted octanol–water partition coefficient (Wildman–Crippen LogP) is 1.92. The number of alkyl halides is 3. The highest BCUT2D eigenvalue weighted by Crippen LogP contribution is 2.32. The Hall–Kier alpha value is -1.79. The molecule has 7 heteroatoms. The topological polar surface area (TPSA) is 66.0 Å². The van der Waals surface area contributed by atoms with E-state index in [1.807, 2.05) is 4.98 Å². The molecule has 15 heavy (non-hydrogen) atoms. The summed E-state index contributed by atoms with van der Waals surface area (Å²) in [4.78, 5) is 15.6. The molecule has 0 aromatic carbocycles. The van der Waals surface area contributed by atoms with Gasteiger partial charge in [-0.1, -0.05) is 0 Å². The first-order valence-electron chi connectivity index (χ1n) is 3.84. The quantitative estimate of drug-likeness (QED) is 0.748. The second-order valence-electron chi connectivity index (χ2n) is 2.79. The van der Waals surface area contributed by atoms with E-state index in [-0.39, 0.29) is 5.57 Å². The largest absolute Gasteiger partial charge is 0.478 e. The number of rotatable bonds is 2. The van der Waals surface area contributed by atoms with E-state index in [0.29, 0.717) is 6.08 Å². The molecule has 0 bridgehead atoms. The van der Waals surface area contributed by atoms with E-state index in [1.165, 1.54) is 6.92 Å². The van der Waals surface area contributed by atoms with Crippen LogP contribution in [0.3, 0.4) is 0 Å². The number of nitrogens with zero attached hydrogens (tertiary/aromatic N) is 1. The van der Waals surface area contributed by atoms with Gasteiger partial charge in [-0.25, -0.2) is 9.78 Å². The lowest BCUT2D eigenvalue weighted by Crippen LogP contribution is -2.08. The third kappa shape index (κ3) is 2.58. The normalized spacial score (nSPS) is 12.9. The van der Waals surface area contributed by atoms with Crippen LogP contribution in [0.1, 0.15) is 18.3 Å². The maximum atomic E-state index is 12.3. The van der Waals surface area contributed by atoms with Crippen LogP contribution in [0.4, 0.5) is 13.2 Å². The fourth-order valence-corrected chi connectivity index (χ4v) is 1.06. The van der Waals surface area contributed by atoms with E-state index < -0.39 is 23.5 Å². The van der Waals surface area contributed by atoms with Crippen LogP contribution >= 0.6 is 0 Å². The fraction of sp³-hybridized carbons (Fsp3) is 0.250. The van der Waals surface area contributed by atoms with E-state index in [2.05, 4.69) is 4.98 Å². The van der Waals surface area contributed by atoms with Crippen LogP contribution in [0.15, 0.2) is 12.4 Å². The van der Waals surface area contributed by atoms with Gasteiger partial charge in [0.15, 0.2) is 0 Å². The second-order valence-corrected chi connectivity index (χ2v) is 2.79. The number of halogens is 3. The summed E-state index contributed by atoms with van der Waals surface area (Å²) in [5.41, 5.74) is -1.50. The summed E-state index contributed by atoms with van der Waals surface area (Å²) < 4.78 is 37.0. The summed E-state index contributed by atoms with van der Waals surface area (Å²) in [6.07, 6.45) is -3.03. The van der Waals surface area contributed by atoms with Crippen molar-refractivity contribution in [3.05, 3.63) is 23.8 Å². The Morgan fingerprint density at radius 1 is 1.60 bits per heavy atom. The Balaban J connectivity index is 3.17. The molecule has 0 radical (unpaired) electrons. The first-order valence-corrected chi connectivity index (χ1v) is 3.84. The lowest BCUT2D eigenvalue weighted by molar-refractivity contribution is -0.141. The van der Waals surface area contributed by atoms with E-state index in [1.54, 1.807) is 0 Å². The van der Waals surface area contributed by atoms with Crippen LogP contribution in [0.25, 0.3) is 5.57 Å². The maximum Gasteiger partial charge on any atom is 0.433 e. The number of aliphatic carboxylic acids is 1. The number of hydrogen-bond acceptors (Lipinski definition) is 2. The minimum absolute atomic E-state index is 0.0592. The molecule has 4 nitrogen and oxygen atoms in total. The molecule has 0 aliphatic carbocycles. The molecular weight excluding hydrogens is 213 g/mol. The number of H-pyrrole nitrogens is 1. The molecule has 2 N–H and O–H groups in total. The van der Waals surface area contributed by atoms with Crippen molar-refractivity contribution < 1.29 is 23.1 Å². The van der Waals surface area contributed by atoms with E-state index in [4.69, 9.17) is 5.11 Å². The zero-order valence-corrected chi connectivity index (χ0v) is 7.59. The molecule has 0 unspecified atom stereocenters. The average molecular weight is 220 g/mol. The number of carbonyl (C=O) groups is 1. The summed E-state index contributed by atoms with van der Waals surface area (Å²) in [6.45, 7) is 1.25. The summed E-state index contributed by atoms with van der Waals surface area (Å²) in [7, 11) is 0. The monoisotopic (exact) mass is 220 g/mol. The van der Waals surface area contributed by atoms with Gasteiger partial charge in [0.2, 0.25) is 0 Å². The number of aromatic amines is 1. The Labute approximate surface area is 82.4 Å². The zero-order valence-electron chi connectivity index (χ0n) is 7.59. The zero-order chi connectivity index (χ0) is 11.6. The van der Waals surface area contributed by atoms with E-state index in [9.17, 15) is 18.0 Å². The molecule has 82 valence electrons. The Morgan fingerprint density at radius 2 is 2.20 bits per heavy atom. The fourth-order valence-electron chi connectivity index (χ4n) is 1.06. The Bertz CT molecular complexity index is 406. The van der Waals surface area contributed by atoms with Gasteiger partial charge in [0.25, 0.3) is 0 Å². The number of imidazole rings is 1. The van der Waals surface area contributed by atoms with E-state index in [0.717, 1.165) is 6.33 Å². The Kier molecular flexibility index (Phi) is 2.83. The minimum atomic E-state index is -4.57. The van der Waals surface area contributed by atoms with Crippen LogP contribution in [0.5, 0.6) is 0 Å². The number of hydrogen-bond donors (Lipinski definition) is 2. The molecule has 1 aromatic rings. The summed E-state index contributed by atoms with van der Waals surface area (Å²) >= 11 is 0. The van der Waals surface area contributed by atoms with Gasteiger partial charge in [0.05, 0.1) is 12.0 Å². The molecule has 1 heterocycles. The minimum Gasteiger partial charge on any atom is -0.478 e. The lowest BCUT2D eigenvalue weighted by Gasteiger charge is -2.06. The second kappa shape index (κ2) is 3.76. The molecule has 0 atom stereocenters. The van der Waals surface area contributed by atoms with Gasteiger partial charge in [-0.05, 0) is 12.5 Å². The third-order valence-corrected chi connectivity index (χ3v) is 1.64. The van der Waals surface area contributed by atoms with Crippen molar-refractivity contribution in [2.75, 3.05) is 0 Å². The first-order chi connectivity index (χ1) is 6.82. The van der Waals surface area contributed by atoms with Gasteiger partial charge < -0.3 is 10.1 Å². The summed E-state index contributed by atoms with van der Waals surface area (Å²) in [6, 6.07) is 0. The van der Waals surface area contributed by atoms with Crippen molar-refractivity contribution in [2.45, 2.75) is 13.1 Å². The Morgan fingerprint density at radius 3 is 2.67 bits per heavy atom. The van der Waals surface area contributed by atoms with Crippen molar-refractivity contribution in [1.82, 2.24) is 9.97 Å². The number of nitrogens with one attached hydrogen (secondary N) is 1. The molecule has 0 spiro atoms. The number of carboxylic acids is 1. The molecule has 0 aliphatic rings. The molecule has 0 saturated carbocycles. The number of carboxylic acid groups (broad SMARTS) is 1. The molecule has 1 rings (SSSR count). The standard InChI is InChI=1S/C8H7F3N2O2/c1-4(2-5(14)15)6-7(8(9,10)11)13-3-12-6/h2-3H,1H3,(H,12,13)(H,14,15)/b4-2+. The van der Waals surface area contributed by atoms with Crippen molar-refractivity contribution in [2.24, 2.45) is 0 Å². The van der Waals surface area contributed by atoms with Gasteiger partial charge in [-0.2, -0.15) is 13.2 Å². The third-order valence-electron chi connectivity index (χ3n) is 1.64. The highest BCUT2D eigenvalue weighted by atomic mass is 19.4. The van der Waals surface area contributed by atoms with Crippen LogP contribution in [-0.2, 0) is 11.0 Å². The summed E-state index contributed by atoms with van der Waals surface area (Å²) in [5.74, 6) is -1.32. The average Bonchev–Trinajstić information content (AvgIpc) is 2.48. The molecule has 0 amide bonds. The van der Waals surface area contributed by atoms with Crippen molar-refractivity contribution in [3.63, 3.8) is 0 Å². The van der Waals surface area contributed by atoms with Crippen LogP contribution in [-0.4, -0.2) is 21.0 Å². The highest BCUT2D eigenvalue weighted by molar-refractivity contribution is 5.89. The van der Waals surface area contributed by atoms with Crippen LogP contribution in [0.2, 0.25) is 0 Å². The van der Waals surface area contributed by atoms with E-state index >= 15 is 0 Å². The summed E-state index contributed by atoms with van der Waals surface area (Å²) in [5, 5.41) is 8.38. The molecule has 0 aliphatic heterocycles. The lowest BCUT2D eigenvalue weighted by atomic mass is 10.1. The highest BCUT2D eigenvalue weighted by Gasteiger charge is 2.36. The SMILES string of the molecule is C/C(=C\C(=O)O)c1nc[nH]c1C(F)(F)F. The molecule has 0 saturated heterocycles. The van der Waals surface area contributed by atoms with Gasteiger partial charge in [-0.3, -0.25) is 0 Å². The number of allylic oxidation sites excluding steroid dienone is 1. The maximum absolute atomic E-state index is 12.3. The molecule has 0 fully saturated rings. The van der Waals surface area contributed by atoms with Gasteiger partial charge >= 0.3 is 12.1 Å². The van der Waals surface area contributed by atoms with Crippen molar-refractivity contribution in [1.29, 1.82) is 0 Å². The van der Waals surface area contributed by atoms with Gasteiger partial charge in [0, 0.05) is 6.08 Å². The van der Waals surface area contributed by atoms with Gasteiger partial charge in [-0.15, -0.1) is 0 Å².